The third-order valence-corrected chi connectivity index (χ3v) is 2.59. The van der Waals surface area contributed by atoms with Gasteiger partial charge in [0.2, 0.25) is 0 Å². The van der Waals surface area contributed by atoms with E-state index < -0.39 is 0 Å². The summed E-state index contributed by atoms with van der Waals surface area (Å²) in [5.74, 6) is 1.26. The van der Waals surface area contributed by atoms with Crippen LogP contribution in [0.2, 0.25) is 0 Å². The minimum absolute atomic E-state index is 0.0961. The Bertz CT molecular complexity index is 556. The highest BCUT2D eigenvalue weighted by Gasteiger charge is 2.14. The van der Waals surface area contributed by atoms with Crippen molar-refractivity contribution in [2.45, 2.75) is 0 Å². The zero-order chi connectivity index (χ0) is 12.3. The summed E-state index contributed by atoms with van der Waals surface area (Å²) in [5, 5.41) is 12.2. The first kappa shape index (κ1) is 11.7. The van der Waals surface area contributed by atoms with Crippen molar-refractivity contribution in [3.63, 3.8) is 0 Å². The van der Waals surface area contributed by atoms with Crippen LogP contribution >= 0.6 is 12.6 Å². The van der Waals surface area contributed by atoms with E-state index in [9.17, 15) is 10.1 Å². The normalized spacial score (nSPS) is 10.4. The van der Waals surface area contributed by atoms with Crippen LogP contribution in [0.25, 0.3) is 10.8 Å². The number of rotatable bonds is 4. The number of nitro groups is 1. The molecule has 0 fully saturated rings. The van der Waals surface area contributed by atoms with Gasteiger partial charge < -0.3 is 4.74 Å². The lowest BCUT2D eigenvalue weighted by molar-refractivity contribution is -0.383. The molecule has 2 aromatic carbocycles. The average molecular weight is 249 g/mol. The van der Waals surface area contributed by atoms with Crippen molar-refractivity contribution in [2.75, 3.05) is 12.4 Å². The van der Waals surface area contributed by atoms with Gasteiger partial charge in [-0.1, -0.05) is 18.2 Å². The van der Waals surface area contributed by atoms with Crippen LogP contribution in [0.15, 0.2) is 36.4 Å². The van der Waals surface area contributed by atoms with Crippen LogP contribution in [0.3, 0.4) is 0 Å². The van der Waals surface area contributed by atoms with Gasteiger partial charge in [-0.2, -0.15) is 12.6 Å². The zero-order valence-corrected chi connectivity index (χ0v) is 9.89. The number of non-ortho nitro benzene ring substituents is 1. The molecule has 0 heterocycles. The standard InChI is InChI=1S/C12H11NO3S/c14-13(15)11-5-6-12(16-7-8-17)10-4-2-1-3-9(10)11/h1-6,17H,7-8H2. The summed E-state index contributed by atoms with van der Waals surface area (Å²) in [6, 6.07) is 10.2. The number of benzene rings is 2. The molecule has 0 spiro atoms. The van der Waals surface area contributed by atoms with Crippen LogP contribution < -0.4 is 4.74 Å². The first-order chi connectivity index (χ1) is 8.24. The Morgan fingerprint density at radius 2 is 1.88 bits per heavy atom. The summed E-state index contributed by atoms with van der Waals surface area (Å²) in [5.41, 5.74) is 0.0961. The fourth-order valence-electron chi connectivity index (χ4n) is 1.70. The van der Waals surface area contributed by atoms with Crippen molar-refractivity contribution in [2.24, 2.45) is 0 Å². The number of hydrogen-bond acceptors (Lipinski definition) is 4. The maximum Gasteiger partial charge on any atom is 0.277 e. The second kappa shape index (κ2) is 5.05. The number of nitrogens with zero attached hydrogens (tertiary/aromatic N) is 1. The van der Waals surface area contributed by atoms with E-state index >= 15 is 0 Å². The number of fused-ring (bicyclic) bond motifs is 1. The highest BCUT2D eigenvalue weighted by atomic mass is 32.1. The monoisotopic (exact) mass is 249 g/mol. The molecular weight excluding hydrogens is 238 g/mol. The minimum Gasteiger partial charge on any atom is -0.492 e. The van der Waals surface area contributed by atoms with Crippen LogP contribution in [0.1, 0.15) is 0 Å². The summed E-state index contributed by atoms with van der Waals surface area (Å²) in [4.78, 5) is 10.5. The Kier molecular flexibility index (Phi) is 3.49. The lowest BCUT2D eigenvalue weighted by Crippen LogP contribution is -1.99. The summed E-state index contributed by atoms with van der Waals surface area (Å²) in [6.45, 7) is 0.477. The predicted molar refractivity (Wildman–Crippen MR) is 70.0 cm³/mol. The largest absolute Gasteiger partial charge is 0.492 e. The van der Waals surface area contributed by atoms with Crippen LogP contribution in [0.5, 0.6) is 5.75 Å². The van der Waals surface area contributed by atoms with E-state index in [1.54, 1.807) is 18.2 Å². The molecule has 0 saturated carbocycles. The fraction of sp³-hybridized carbons (Fsp3) is 0.167. The van der Waals surface area contributed by atoms with Crippen LogP contribution in [0.4, 0.5) is 5.69 Å². The third-order valence-electron chi connectivity index (χ3n) is 2.41. The van der Waals surface area contributed by atoms with Gasteiger partial charge in [-0.15, -0.1) is 0 Å². The molecule has 0 aliphatic carbocycles. The van der Waals surface area contributed by atoms with E-state index in [1.165, 1.54) is 6.07 Å². The maximum absolute atomic E-state index is 10.9. The molecule has 17 heavy (non-hydrogen) atoms. The third kappa shape index (κ3) is 2.34. The topological polar surface area (TPSA) is 52.4 Å². The molecule has 2 rings (SSSR count). The summed E-state index contributed by atoms with van der Waals surface area (Å²) >= 11 is 4.06. The van der Waals surface area contributed by atoms with Gasteiger partial charge >= 0.3 is 0 Å². The second-order valence-corrected chi connectivity index (χ2v) is 3.90. The second-order valence-electron chi connectivity index (χ2n) is 3.46. The first-order valence-electron chi connectivity index (χ1n) is 5.14. The quantitative estimate of drug-likeness (QED) is 0.514. The number of nitro benzene ring substituents is 1. The Balaban J connectivity index is 2.58. The smallest absolute Gasteiger partial charge is 0.277 e. The zero-order valence-electron chi connectivity index (χ0n) is 9.00. The molecule has 2 aromatic rings. The van der Waals surface area contributed by atoms with Gasteiger partial charge in [0.05, 0.1) is 16.9 Å². The van der Waals surface area contributed by atoms with E-state index in [4.69, 9.17) is 4.74 Å². The average Bonchev–Trinajstić information content (AvgIpc) is 2.35. The van der Waals surface area contributed by atoms with E-state index in [-0.39, 0.29) is 10.6 Å². The Labute approximate surface area is 104 Å². The summed E-state index contributed by atoms with van der Waals surface area (Å²) < 4.78 is 5.50. The van der Waals surface area contributed by atoms with Crippen molar-refractivity contribution >= 4 is 29.1 Å². The molecule has 88 valence electrons. The summed E-state index contributed by atoms with van der Waals surface area (Å²) in [7, 11) is 0. The molecule has 0 saturated heterocycles. The molecule has 5 heteroatoms. The minimum atomic E-state index is -0.384. The van der Waals surface area contributed by atoms with Crippen molar-refractivity contribution in [1.82, 2.24) is 0 Å². The SMILES string of the molecule is O=[N+]([O-])c1ccc(OCCS)c2ccccc12. The number of thiol groups is 1. The van der Waals surface area contributed by atoms with E-state index in [1.807, 2.05) is 12.1 Å². The molecule has 0 atom stereocenters. The molecule has 0 N–H and O–H groups in total. The lowest BCUT2D eigenvalue weighted by atomic mass is 10.1. The molecule has 0 radical (unpaired) electrons. The highest BCUT2D eigenvalue weighted by molar-refractivity contribution is 7.80. The number of ether oxygens (including phenoxy) is 1. The van der Waals surface area contributed by atoms with Crippen molar-refractivity contribution in [3.05, 3.63) is 46.5 Å². The van der Waals surface area contributed by atoms with Crippen LogP contribution in [-0.4, -0.2) is 17.3 Å². The molecule has 0 bridgehead atoms. The van der Waals surface area contributed by atoms with Crippen molar-refractivity contribution in [3.8, 4) is 5.75 Å². The van der Waals surface area contributed by atoms with Crippen LogP contribution in [-0.2, 0) is 0 Å². The van der Waals surface area contributed by atoms with Crippen molar-refractivity contribution in [1.29, 1.82) is 0 Å². The van der Waals surface area contributed by atoms with E-state index in [2.05, 4.69) is 12.6 Å². The summed E-state index contributed by atoms with van der Waals surface area (Å²) in [6.07, 6.45) is 0. The molecule has 0 aliphatic heterocycles. The van der Waals surface area contributed by atoms with Gasteiger partial charge in [0.1, 0.15) is 5.75 Å². The fourth-order valence-corrected chi connectivity index (χ4v) is 1.79. The Morgan fingerprint density at radius 1 is 1.18 bits per heavy atom. The van der Waals surface area contributed by atoms with Gasteiger partial charge in [0, 0.05) is 17.2 Å². The molecule has 0 aromatic heterocycles. The molecule has 4 nitrogen and oxygen atoms in total. The maximum atomic E-state index is 10.9. The molecular formula is C12H11NO3S. The first-order valence-corrected chi connectivity index (χ1v) is 5.77. The molecule has 0 unspecified atom stereocenters. The van der Waals surface area contributed by atoms with Gasteiger partial charge in [0.15, 0.2) is 0 Å². The highest BCUT2D eigenvalue weighted by Crippen LogP contribution is 2.32. The Hall–Kier alpha value is -1.75. The van der Waals surface area contributed by atoms with Crippen LogP contribution in [0, 0.1) is 10.1 Å². The molecule has 0 amide bonds. The van der Waals surface area contributed by atoms with Gasteiger partial charge in [0.25, 0.3) is 5.69 Å². The molecule has 0 aliphatic rings. The van der Waals surface area contributed by atoms with Gasteiger partial charge in [-0.3, -0.25) is 10.1 Å². The van der Waals surface area contributed by atoms with Crippen molar-refractivity contribution < 1.29 is 9.66 Å². The van der Waals surface area contributed by atoms with E-state index in [0.29, 0.717) is 23.5 Å². The predicted octanol–water partition coefficient (Wildman–Crippen LogP) is 3.06. The van der Waals surface area contributed by atoms with Gasteiger partial charge in [-0.25, -0.2) is 0 Å². The van der Waals surface area contributed by atoms with Gasteiger partial charge in [-0.05, 0) is 12.1 Å². The lowest BCUT2D eigenvalue weighted by Gasteiger charge is -2.08. The Morgan fingerprint density at radius 3 is 2.53 bits per heavy atom. The number of hydrogen-bond donors (Lipinski definition) is 1. The van der Waals surface area contributed by atoms with E-state index in [0.717, 1.165) is 5.39 Å².